The van der Waals surface area contributed by atoms with Crippen molar-refractivity contribution in [3.05, 3.63) is 29.3 Å². The van der Waals surface area contributed by atoms with Gasteiger partial charge in [0.1, 0.15) is 0 Å². The quantitative estimate of drug-likeness (QED) is 0.401. The Morgan fingerprint density at radius 2 is 1.80 bits per heavy atom. The van der Waals surface area contributed by atoms with E-state index in [9.17, 15) is 5.11 Å². The van der Waals surface area contributed by atoms with Crippen molar-refractivity contribution in [1.29, 1.82) is 0 Å². The van der Waals surface area contributed by atoms with Gasteiger partial charge < -0.3 is 5.11 Å². The minimum Gasteiger partial charge on any atom is -0.872 e. The number of rotatable bonds is 0. The molecule has 1 aromatic carbocycles. The molecule has 1 nitrogen and oxygen atoms in total. The van der Waals surface area contributed by atoms with E-state index in [4.69, 9.17) is 0 Å². The molecule has 0 saturated carbocycles. The summed E-state index contributed by atoms with van der Waals surface area (Å²) in [5.74, 6) is 0.134. The van der Waals surface area contributed by atoms with Gasteiger partial charge in [0.2, 0.25) is 0 Å². The van der Waals surface area contributed by atoms with Crippen molar-refractivity contribution < 1.29 is 34.7 Å². The van der Waals surface area contributed by atoms with Gasteiger partial charge in [-0.2, -0.15) is 0 Å². The van der Waals surface area contributed by atoms with Crippen molar-refractivity contribution in [2.24, 2.45) is 0 Å². The summed E-state index contributed by atoms with van der Waals surface area (Å²) in [7, 11) is 0. The molecule has 0 amide bonds. The van der Waals surface area contributed by atoms with Crippen molar-refractivity contribution in [2.45, 2.75) is 13.8 Å². The maximum absolute atomic E-state index is 10.8. The minimum atomic E-state index is 0. The summed E-state index contributed by atoms with van der Waals surface area (Å²) in [5.41, 5.74) is 1.85. The maximum Gasteiger partial charge on any atom is 1.00 e. The largest absolute Gasteiger partial charge is 1.00 e. The second-order valence-corrected chi connectivity index (χ2v) is 2.27. The first kappa shape index (κ1) is 10.0. The zero-order valence-electron chi connectivity index (χ0n) is 6.64. The standard InChI is InChI=1S/C8H10O.Na/c1-6-3-4-7(2)8(9)5-6;/h3-5,9H,1-2H3;/q;+1/p-1. The molecule has 0 heterocycles. The molecule has 2 heteroatoms. The van der Waals surface area contributed by atoms with Crippen molar-refractivity contribution in [2.75, 3.05) is 0 Å². The number of hydrogen-bond acceptors (Lipinski definition) is 1. The molecule has 0 unspecified atom stereocenters. The summed E-state index contributed by atoms with van der Waals surface area (Å²) in [6.07, 6.45) is 0. The summed E-state index contributed by atoms with van der Waals surface area (Å²) < 4.78 is 0. The van der Waals surface area contributed by atoms with Gasteiger partial charge in [0.05, 0.1) is 0 Å². The van der Waals surface area contributed by atoms with Gasteiger partial charge in [-0.1, -0.05) is 29.3 Å². The monoisotopic (exact) mass is 144 g/mol. The van der Waals surface area contributed by atoms with Crippen LogP contribution in [0.4, 0.5) is 0 Å². The SMILES string of the molecule is Cc1ccc(C)c([O-])c1.[Na+]. The molecular weight excluding hydrogens is 135 g/mol. The topological polar surface area (TPSA) is 23.1 Å². The molecule has 0 saturated heterocycles. The molecule has 1 aromatic rings. The summed E-state index contributed by atoms with van der Waals surface area (Å²) in [5, 5.41) is 10.8. The van der Waals surface area contributed by atoms with E-state index in [-0.39, 0.29) is 35.3 Å². The molecule has 0 radical (unpaired) electrons. The average molecular weight is 144 g/mol. The van der Waals surface area contributed by atoms with Gasteiger partial charge in [0, 0.05) is 0 Å². The fourth-order valence-corrected chi connectivity index (χ4v) is 0.707. The summed E-state index contributed by atoms with van der Waals surface area (Å²) >= 11 is 0. The predicted molar refractivity (Wildman–Crippen MR) is 35.4 cm³/mol. The summed E-state index contributed by atoms with van der Waals surface area (Å²) in [6.45, 7) is 3.74. The Balaban J connectivity index is 0.000000810. The van der Waals surface area contributed by atoms with Crippen molar-refractivity contribution >= 4 is 0 Å². The van der Waals surface area contributed by atoms with Crippen molar-refractivity contribution in [1.82, 2.24) is 0 Å². The van der Waals surface area contributed by atoms with Crippen LogP contribution < -0.4 is 34.7 Å². The number of benzene rings is 1. The third-order valence-electron chi connectivity index (χ3n) is 1.34. The molecule has 48 valence electrons. The van der Waals surface area contributed by atoms with Crippen LogP contribution in [-0.4, -0.2) is 0 Å². The van der Waals surface area contributed by atoms with Crippen LogP contribution in [0.25, 0.3) is 0 Å². The molecule has 0 atom stereocenters. The Morgan fingerprint density at radius 3 is 2.20 bits per heavy atom. The molecule has 1 rings (SSSR count). The molecule has 0 spiro atoms. The number of aryl methyl sites for hydroxylation is 2. The summed E-state index contributed by atoms with van der Waals surface area (Å²) in [6, 6.07) is 5.43. The van der Waals surface area contributed by atoms with E-state index in [2.05, 4.69) is 0 Å². The van der Waals surface area contributed by atoms with Gasteiger partial charge in [0.25, 0.3) is 0 Å². The van der Waals surface area contributed by atoms with E-state index in [1.807, 2.05) is 26.0 Å². The average Bonchev–Trinajstić information content (AvgIpc) is 1.80. The Kier molecular flexibility index (Phi) is 4.02. The normalized spacial score (nSPS) is 8.60. The minimum absolute atomic E-state index is 0. The van der Waals surface area contributed by atoms with E-state index in [0.29, 0.717) is 0 Å². The Morgan fingerprint density at radius 1 is 1.20 bits per heavy atom. The first-order chi connectivity index (χ1) is 4.20. The molecule has 0 fully saturated rings. The molecule has 0 aliphatic heterocycles. The fourth-order valence-electron chi connectivity index (χ4n) is 0.707. The van der Waals surface area contributed by atoms with Gasteiger partial charge in [0.15, 0.2) is 0 Å². The van der Waals surface area contributed by atoms with Crippen LogP contribution in [-0.2, 0) is 0 Å². The van der Waals surface area contributed by atoms with E-state index >= 15 is 0 Å². The van der Waals surface area contributed by atoms with Crippen LogP contribution in [0.5, 0.6) is 5.75 Å². The molecular formula is C8H9NaO. The van der Waals surface area contributed by atoms with Crippen LogP contribution in [0.1, 0.15) is 11.1 Å². The van der Waals surface area contributed by atoms with Crippen LogP contribution in [0.3, 0.4) is 0 Å². The van der Waals surface area contributed by atoms with Gasteiger partial charge >= 0.3 is 29.6 Å². The molecule has 0 bridgehead atoms. The van der Waals surface area contributed by atoms with Crippen molar-refractivity contribution in [3.8, 4) is 5.75 Å². The first-order valence-corrected chi connectivity index (χ1v) is 2.94. The van der Waals surface area contributed by atoms with Crippen LogP contribution in [0.2, 0.25) is 0 Å². The van der Waals surface area contributed by atoms with Gasteiger partial charge in [-0.3, -0.25) is 0 Å². The van der Waals surface area contributed by atoms with E-state index in [1.54, 1.807) is 6.07 Å². The molecule has 0 N–H and O–H groups in total. The Hall–Kier alpha value is 0.0200. The van der Waals surface area contributed by atoms with E-state index in [1.165, 1.54) is 0 Å². The zero-order chi connectivity index (χ0) is 6.85. The van der Waals surface area contributed by atoms with Gasteiger partial charge in [-0.25, -0.2) is 0 Å². The maximum atomic E-state index is 10.8. The number of hydrogen-bond donors (Lipinski definition) is 0. The van der Waals surface area contributed by atoms with Crippen LogP contribution in [0, 0.1) is 13.8 Å². The molecule has 0 aliphatic carbocycles. The van der Waals surface area contributed by atoms with E-state index in [0.717, 1.165) is 11.1 Å². The predicted octanol–water partition coefficient (Wildman–Crippen LogP) is -1.62. The fraction of sp³-hybridized carbons (Fsp3) is 0.250. The first-order valence-electron chi connectivity index (χ1n) is 2.94. The van der Waals surface area contributed by atoms with Crippen LogP contribution >= 0.6 is 0 Å². The Bertz CT molecular complexity index is 220. The smallest absolute Gasteiger partial charge is 0.872 e. The molecule has 10 heavy (non-hydrogen) atoms. The van der Waals surface area contributed by atoms with Gasteiger partial charge in [-0.15, -0.1) is 5.75 Å². The van der Waals surface area contributed by atoms with Crippen LogP contribution in [0.15, 0.2) is 18.2 Å². The second kappa shape index (κ2) is 4.02. The summed E-state index contributed by atoms with van der Waals surface area (Å²) in [4.78, 5) is 0. The molecule has 0 aliphatic rings. The third kappa shape index (κ3) is 2.33. The Labute approximate surface area is 83.4 Å². The van der Waals surface area contributed by atoms with E-state index < -0.39 is 0 Å². The molecule has 0 aromatic heterocycles. The zero-order valence-corrected chi connectivity index (χ0v) is 8.64. The second-order valence-electron chi connectivity index (χ2n) is 2.27. The third-order valence-corrected chi connectivity index (χ3v) is 1.34. The van der Waals surface area contributed by atoms with Crippen molar-refractivity contribution in [3.63, 3.8) is 0 Å². The van der Waals surface area contributed by atoms with Gasteiger partial charge in [-0.05, 0) is 13.8 Å².